The summed E-state index contributed by atoms with van der Waals surface area (Å²) in [7, 11) is 0. The van der Waals surface area contributed by atoms with Gasteiger partial charge < -0.3 is 16.2 Å². The largest absolute Gasteiger partial charge is 0.497 e. The van der Waals surface area contributed by atoms with E-state index in [1.54, 1.807) is 6.26 Å². The van der Waals surface area contributed by atoms with Gasteiger partial charge in [0, 0.05) is 0 Å². The standard InChI is InChI=1S/C5H6O.C2H7N5/c1-2-4-6-5-3-1;3-1(4)7-2(5)6/h1-4H,5H2;(H7,3,4,5,6,7). The number of allylic oxidation sites excluding steroid dienone is 2. The fourth-order valence-corrected chi connectivity index (χ4v) is 0.491. The fourth-order valence-electron chi connectivity index (χ4n) is 0.491. The second-order valence-electron chi connectivity index (χ2n) is 2.04. The van der Waals surface area contributed by atoms with Crippen LogP contribution in [0.1, 0.15) is 0 Å². The molecule has 6 nitrogen and oxygen atoms in total. The highest BCUT2D eigenvalue weighted by Gasteiger charge is 1.83. The third-order valence-electron chi connectivity index (χ3n) is 0.884. The first-order valence-corrected chi connectivity index (χ1v) is 3.51. The van der Waals surface area contributed by atoms with Crippen LogP contribution in [0.15, 0.2) is 24.5 Å². The molecular formula is C7H13N5O. The molecule has 0 aromatic heterocycles. The van der Waals surface area contributed by atoms with Crippen molar-refractivity contribution in [2.75, 3.05) is 6.61 Å². The lowest BCUT2D eigenvalue weighted by Gasteiger charge is -1.95. The van der Waals surface area contributed by atoms with E-state index in [1.165, 1.54) is 0 Å². The van der Waals surface area contributed by atoms with Gasteiger partial charge >= 0.3 is 0 Å². The van der Waals surface area contributed by atoms with Gasteiger partial charge in [-0.3, -0.25) is 16.1 Å². The minimum Gasteiger partial charge on any atom is -0.497 e. The van der Waals surface area contributed by atoms with Crippen LogP contribution in [0.3, 0.4) is 0 Å². The van der Waals surface area contributed by atoms with E-state index in [0.717, 1.165) is 6.61 Å². The molecule has 0 bridgehead atoms. The monoisotopic (exact) mass is 183 g/mol. The molecule has 72 valence electrons. The maximum atomic E-state index is 6.47. The molecule has 13 heavy (non-hydrogen) atoms. The number of guanidine groups is 2. The number of hydrogen-bond acceptors (Lipinski definition) is 3. The number of hydrogen-bond donors (Lipinski definition) is 5. The van der Waals surface area contributed by atoms with Crippen LogP contribution in [0.4, 0.5) is 0 Å². The fraction of sp³-hybridized carbons (Fsp3) is 0.143. The molecule has 0 aromatic rings. The number of nitrogens with two attached hydrogens (primary N) is 2. The molecule has 0 saturated carbocycles. The molecule has 0 fully saturated rings. The summed E-state index contributed by atoms with van der Waals surface area (Å²) in [4.78, 5) is 0. The molecule has 0 unspecified atom stereocenters. The van der Waals surface area contributed by atoms with Gasteiger partial charge in [-0.25, -0.2) is 0 Å². The van der Waals surface area contributed by atoms with Crippen molar-refractivity contribution in [3.05, 3.63) is 24.5 Å². The van der Waals surface area contributed by atoms with Crippen molar-refractivity contribution < 1.29 is 4.74 Å². The van der Waals surface area contributed by atoms with Gasteiger partial charge in [0.25, 0.3) is 0 Å². The Morgan fingerprint density at radius 2 is 1.85 bits per heavy atom. The molecule has 0 radical (unpaired) electrons. The zero-order valence-electron chi connectivity index (χ0n) is 7.08. The smallest absolute Gasteiger partial charge is 0.192 e. The molecule has 1 rings (SSSR count). The molecule has 0 aliphatic carbocycles. The topological polar surface area (TPSA) is 121 Å². The Hall–Kier alpha value is -1.98. The van der Waals surface area contributed by atoms with Gasteiger partial charge in [0.1, 0.15) is 6.61 Å². The highest BCUT2D eigenvalue weighted by molar-refractivity contribution is 5.93. The number of ether oxygens (including phenoxy) is 1. The van der Waals surface area contributed by atoms with Crippen LogP contribution < -0.4 is 16.8 Å². The second kappa shape index (κ2) is 6.71. The summed E-state index contributed by atoms with van der Waals surface area (Å²) in [6, 6.07) is 0. The van der Waals surface area contributed by atoms with Gasteiger partial charge in [0.2, 0.25) is 0 Å². The van der Waals surface area contributed by atoms with E-state index in [2.05, 4.69) is 0 Å². The highest BCUT2D eigenvalue weighted by atomic mass is 16.5. The van der Waals surface area contributed by atoms with Gasteiger partial charge in [-0.15, -0.1) is 0 Å². The Kier molecular flexibility index (Phi) is 5.69. The van der Waals surface area contributed by atoms with E-state index < -0.39 is 0 Å². The summed E-state index contributed by atoms with van der Waals surface area (Å²) < 4.78 is 4.80. The van der Waals surface area contributed by atoms with E-state index in [4.69, 9.17) is 27.0 Å². The van der Waals surface area contributed by atoms with Crippen LogP contribution >= 0.6 is 0 Å². The Labute approximate surface area is 76.3 Å². The lowest BCUT2D eigenvalue weighted by atomic mass is 10.5. The molecule has 1 heterocycles. The van der Waals surface area contributed by atoms with E-state index in [1.807, 2.05) is 23.5 Å². The number of rotatable bonds is 0. The molecule has 0 atom stereocenters. The first-order chi connectivity index (χ1) is 6.13. The zero-order valence-corrected chi connectivity index (χ0v) is 7.08. The van der Waals surface area contributed by atoms with Crippen molar-refractivity contribution in [1.82, 2.24) is 5.32 Å². The van der Waals surface area contributed by atoms with Gasteiger partial charge in [0.05, 0.1) is 6.26 Å². The van der Waals surface area contributed by atoms with Crippen molar-refractivity contribution in [3.8, 4) is 0 Å². The molecule has 6 heteroatoms. The molecule has 1 aliphatic heterocycles. The molecule has 0 saturated heterocycles. The normalized spacial score (nSPS) is 12.0. The third-order valence-corrected chi connectivity index (χ3v) is 0.884. The lowest BCUT2D eigenvalue weighted by molar-refractivity contribution is 0.286. The Morgan fingerprint density at radius 3 is 1.92 bits per heavy atom. The third kappa shape index (κ3) is 10.0. The van der Waals surface area contributed by atoms with Gasteiger partial charge in [-0.05, 0) is 12.2 Å². The van der Waals surface area contributed by atoms with Crippen LogP contribution in [0.2, 0.25) is 0 Å². The van der Waals surface area contributed by atoms with Crippen LogP contribution in [0.25, 0.3) is 0 Å². The minimum atomic E-state index is -0.312. The highest BCUT2D eigenvalue weighted by Crippen LogP contribution is 1.87. The molecule has 0 aromatic carbocycles. The quantitative estimate of drug-likeness (QED) is 0.255. The van der Waals surface area contributed by atoms with Crippen LogP contribution in [-0.4, -0.2) is 18.5 Å². The SMILES string of the molecule is C1=CCOC=C1.N=C(N)NC(=N)N. The predicted molar refractivity (Wildman–Crippen MR) is 51.2 cm³/mol. The Balaban J connectivity index is 0.000000223. The van der Waals surface area contributed by atoms with Crippen LogP contribution in [-0.2, 0) is 4.74 Å². The second-order valence-corrected chi connectivity index (χ2v) is 2.04. The summed E-state index contributed by atoms with van der Waals surface area (Å²) in [6.45, 7) is 0.733. The first-order valence-electron chi connectivity index (χ1n) is 3.51. The summed E-state index contributed by atoms with van der Waals surface area (Å²) >= 11 is 0. The van der Waals surface area contributed by atoms with E-state index in [-0.39, 0.29) is 11.9 Å². The van der Waals surface area contributed by atoms with E-state index in [0.29, 0.717) is 0 Å². The van der Waals surface area contributed by atoms with Crippen molar-refractivity contribution in [2.24, 2.45) is 11.5 Å². The van der Waals surface area contributed by atoms with Crippen LogP contribution in [0.5, 0.6) is 0 Å². The summed E-state index contributed by atoms with van der Waals surface area (Å²) in [5.41, 5.74) is 9.49. The predicted octanol–water partition coefficient (Wildman–Crippen LogP) is -0.551. The lowest BCUT2D eigenvalue weighted by Crippen LogP contribution is -2.39. The molecule has 0 amide bonds. The molecule has 7 N–H and O–H groups in total. The number of nitrogens with one attached hydrogen (secondary N) is 3. The van der Waals surface area contributed by atoms with Crippen molar-refractivity contribution >= 4 is 11.9 Å². The van der Waals surface area contributed by atoms with Crippen molar-refractivity contribution in [1.29, 1.82) is 10.8 Å². The Morgan fingerprint density at radius 1 is 1.23 bits per heavy atom. The molecular weight excluding hydrogens is 170 g/mol. The maximum Gasteiger partial charge on any atom is 0.192 e. The van der Waals surface area contributed by atoms with Crippen LogP contribution in [0, 0.1) is 10.8 Å². The first kappa shape index (κ1) is 11.0. The van der Waals surface area contributed by atoms with Gasteiger partial charge in [-0.1, -0.05) is 6.08 Å². The average molecular weight is 183 g/mol. The van der Waals surface area contributed by atoms with Gasteiger partial charge in [0.15, 0.2) is 11.9 Å². The summed E-state index contributed by atoms with van der Waals surface area (Å²) in [6.07, 6.45) is 7.47. The summed E-state index contributed by atoms with van der Waals surface area (Å²) in [5.74, 6) is -0.625. The Bertz CT molecular complexity index is 209. The average Bonchev–Trinajstić information content (AvgIpc) is 2.06. The van der Waals surface area contributed by atoms with Gasteiger partial charge in [-0.2, -0.15) is 0 Å². The van der Waals surface area contributed by atoms with E-state index in [9.17, 15) is 0 Å². The van der Waals surface area contributed by atoms with Crippen molar-refractivity contribution in [3.63, 3.8) is 0 Å². The zero-order chi connectivity index (χ0) is 10.1. The van der Waals surface area contributed by atoms with Crippen molar-refractivity contribution in [2.45, 2.75) is 0 Å². The van der Waals surface area contributed by atoms with E-state index >= 15 is 0 Å². The molecule has 1 aliphatic rings. The maximum absolute atomic E-state index is 6.47. The molecule has 0 spiro atoms. The minimum absolute atomic E-state index is 0.312. The summed E-state index contributed by atoms with van der Waals surface area (Å²) in [5, 5.41) is 15.0.